The van der Waals surface area contributed by atoms with E-state index < -0.39 is 0 Å². The van der Waals surface area contributed by atoms with Crippen LogP contribution in [0, 0.1) is 0 Å². The van der Waals surface area contributed by atoms with Gasteiger partial charge in [-0.3, -0.25) is 0 Å². The van der Waals surface area contributed by atoms with E-state index >= 15 is 0 Å². The minimum Gasteiger partial charge on any atom is -0.432 e. The molecule has 102 valence electrons. The first-order valence-corrected chi connectivity index (χ1v) is 7.09. The minimum absolute atomic E-state index is 0.642. The zero-order valence-electron chi connectivity index (χ0n) is 11.2. The number of anilines is 1. The molecule has 0 saturated heterocycles. The molecule has 0 saturated carbocycles. The van der Waals surface area contributed by atoms with Gasteiger partial charge in [0.05, 0.1) is 5.69 Å². The van der Waals surface area contributed by atoms with Crippen LogP contribution in [-0.2, 0) is 13.1 Å². The summed E-state index contributed by atoms with van der Waals surface area (Å²) in [5, 5.41) is 3.23. The normalized spacial score (nSPS) is 10.7. The second-order valence-electron chi connectivity index (χ2n) is 4.35. The molecule has 0 aliphatic rings. The van der Waals surface area contributed by atoms with E-state index in [1.54, 1.807) is 6.26 Å². The van der Waals surface area contributed by atoms with Gasteiger partial charge in [-0.25, -0.2) is 0 Å². The van der Waals surface area contributed by atoms with E-state index in [0.29, 0.717) is 6.01 Å². The van der Waals surface area contributed by atoms with Crippen molar-refractivity contribution in [2.24, 2.45) is 0 Å². The molecule has 0 aliphatic carbocycles. The Hall–Kier alpha value is -1.33. The molecule has 5 heteroatoms. The van der Waals surface area contributed by atoms with Gasteiger partial charge in [-0.15, -0.1) is 0 Å². The summed E-state index contributed by atoms with van der Waals surface area (Å²) in [7, 11) is 1.97. The fraction of sp³-hybridized carbons (Fsp3) is 0.357. The molecule has 0 amide bonds. The van der Waals surface area contributed by atoms with Gasteiger partial charge in [0.1, 0.15) is 6.26 Å². The van der Waals surface area contributed by atoms with E-state index in [-0.39, 0.29) is 0 Å². The van der Waals surface area contributed by atoms with Crippen molar-refractivity contribution in [2.45, 2.75) is 20.0 Å². The van der Waals surface area contributed by atoms with Crippen molar-refractivity contribution in [3.05, 3.63) is 46.3 Å². The molecular weight excluding hydrogens is 306 g/mol. The van der Waals surface area contributed by atoms with Crippen LogP contribution in [0.3, 0.4) is 0 Å². The molecule has 1 N–H and O–H groups in total. The third kappa shape index (κ3) is 3.81. The summed E-state index contributed by atoms with van der Waals surface area (Å²) in [5.41, 5.74) is 2.13. The Bertz CT molecular complexity index is 527. The summed E-state index contributed by atoms with van der Waals surface area (Å²) in [4.78, 5) is 6.45. The highest BCUT2D eigenvalue weighted by atomic mass is 79.9. The Balaban J connectivity index is 2.01. The number of benzene rings is 1. The Morgan fingerprint density at radius 3 is 2.89 bits per heavy atom. The molecule has 0 aliphatic heterocycles. The summed E-state index contributed by atoms with van der Waals surface area (Å²) in [6, 6.07) is 8.80. The molecule has 1 aromatic carbocycles. The fourth-order valence-electron chi connectivity index (χ4n) is 1.76. The molecule has 0 radical (unpaired) electrons. The van der Waals surface area contributed by atoms with E-state index in [1.165, 1.54) is 5.56 Å². The molecule has 0 unspecified atom stereocenters. The van der Waals surface area contributed by atoms with Gasteiger partial charge in [-0.2, -0.15) is 4.98 Å². The lowest BCUT2D eigenvalue weighted by Crippen LogP contribution is -2.17. The van der Waals surface area contributed by atoms with Crippen LogP contribution in [0.4, 0.5) is 6.01 Å². The number of oxazole rings is 1. The van der Waals surface area contributed by atoms with Gasteiger partial charge in [0.15, 0.2) is 0 Å². The molecule has 0 atom stereocenters. The third-order valence-electron chi connectivity index (χ3n) is 2.79. The van der Waals surface area contributed by atoms with Gasteiger partial charge in [-0.1, -0.05) is 41.1 Å². The number of rotatable bonds is 6. The van der Waals surface area contributed by atoms with Gasteiger partial charge >= 0.3 is 0 Å². The van der Waals surface area contributed by atoms with Crippen molar-refractivity contribution in [1.29, 1.82) is 0 Å². The second-order valence-corrected chi connectivity index (χ2v) is 5.20. The Morgan fingerprint density at radius 1 is 1.37 bits per heavy atom. The van der Waals surface area contributed by atoms with Crippen LogP contribution in [0.5, 0.6) is 0 Å². The molecule has 1 aromatic heterocycles. The maximum atomic E-state index is 5.50. The highest BCUT2D eigenvalue weighted by molar-refractivity contribution is 9.10. The van der Waals surface area contributed by atoms with Crippen molar-refractivity contribution in [3.63, 3.8) is 0 Å². The van der Waals surface area contributed by atoms with Crippen molar-refractivity contribution in [1.82, 2.24) is 10.3 Å². The van der Waals surface area contributed by atoms with E-state index in [2.05, 4.69) is 39.2 Å². The summed E-state index contributed by atoms with van der Waals surface area (Å²) in [6.07, 6.45) is 1.70. The topological polar surface area (TPSA) is 41.3 Å². The average molecular weight is 324 g/mol. The smallest absolute Gasteiger partial charge is 0.297 e. The van der Waals surface area contributed by atoms with Crippen LogP contribution in [0.15, 0.2) is 39.4 Å². The predicted octanol–water partition coefficient (Wildman–Crippen LogP) is 3.18. The lowest BCUT2D eigenvalue weighted by molar-refractivity contribution is 0.542. The largest absolute Gasteiger partial charge is 0.432 e. The fourth-order valence-corrected chi connectivity index (χ4v) is 2.17. The lowest BCUT2D eigenvalue weighted by Gasteiger charge is -2.15. The van der Waals surface area contributed by atoms with Gasteiger partial charge in [0.2, 0.25) is 0 Å². The van der Waals surface area contributed by atoms with Crippen LogP contribution in [0.25, 0.3) is 0 Å². The first kappa shape index (κ1) is 14.1. The van der Waals surface area contributed by atoms with Crippen LogP contribution in [0.2, 0.25) is 0 Å². The maximum Gasteiger partial charge on any atom is 0.297 e. The monoisotopic (exact) mass is 323 g/mol. The van der Waals surface area contributed by atoms with Gasteiger partial charge in [0, 0.05) is 24.6 Å². The van der Waals surface area contributed by atoms with Crippen LogP contribution >= 0.6 is 15.9 Å². The number of hydrogen-bond acceptors (Lipinski definition) is 4. The molecule has 2 aromatic rings. The zero-order chi connectivity index (χ0) is 13.7. The summed E-state index contributed by atoms with van der Waals surface area (Å²) >= 11 is 3.55. The van der Waals surface area contributed by atoms with E-state index in [4.69, 9.17) is 4.42 Å². The number of nitrogens with zero attached hydrogens (tertiary/aromatic N) is 2. The second kappa shape index (κ2) is 6.73. The standard InChI is InChI=1S/C14H18BrN3O/c1-3-16-8-12-10-19-14(17-12)18(2)9-11-6-4-5-7-13(11)15/h4-7,10,16H,3,8-9H2,1-2H3. The Kier molecular flexibility index (Phi) is 4.99. The van der Waals surface area contributed by atoms with Gasteiger partial charge in [0.25, 0.3) is 6.01 Å². The molecule has 0 bridgehead atoms. The van der Waals surface area contributed by atoms with Crippen molar-refractivity contribution < 1.29 is 4.42 Å². The molecule has 0 spiro atoms. The van der Waals surface area contributed by atoms with Gasteiger partial charge < -0.3 is 14.6 Å². The number of halogens is 1. The molecule has 4 nitrogen and oxygen atoms in total. The maximum absolute atomic E-state index is 5.50. The molecular formula is C14H18BrN3O. The Labute approximate surface area is 122 Å². The van der Waals surface area contributed by atoms with E-state index in [0.717, 1.165) is 29.8 Å². The molecule has 1 heterocycles. The number of nitrogens with one attached hydrogen (secondary N) is 1. The molecule has 0 fully saturated rings. The zero-order valence-corrected chi connectivity index (χ0v) is 12.8. The summed E-state index contributed by atoms with van der Waals surface area (Å²) in [6.45, 7) is 4.49. The highest BCUT2D eigenvalue weighted by Gasteiger charge is 2.10. The quantitative estimate of drug-likeness (QED) is 0.886. The van der Waals surface area contributed by atoms with Crippen LogP contribution in [-0.4, -0.2) is 18.6 Å². The van der Waals surface area contributed by atoms with Crippen LogP contribution < -0.4 is 10.2 Å². The van der Waals surface area contributed by atoms with Crippen molar-refractivity contribution in [2.75, 3.05) is 18.5 Å². The van der Waals surface area contributed by atoms with E-state index in [9.17, 15) is 0 Å². The molecule has 19 heavy (non-hydrogen) atoms. The SMILES string of the molecule is CCNCc1coc(N(C)Cc2ccccc2Br)n1. The predicted molar refractivity (Wildman–Crippen MR) is 80.1 cm³/mol. The third-order valence-corrected chi connectivity index (χ3v) is 3.56. The van der Waals surface area contributed by atoms with E-state index in [1.807, 2.05) is 30.1 Å². The molecule has 2 rings (SSSR count). The Morgan fingerprint density at radius 2 is 2.16 bits per heavy atom. The van der Waals surface area contributed by atoms with Crippen LogP contribution in [0.1, 0.15) is 18.2 Å². The number of hydrogen-bond donors (Lipinski definition) is 1. The van der Waals surface area contributed by atoms with Crippen molar-refractivity contribution in [3.8, 4) is 0 Å². The minimum atomic E-state index is 0.642. The first-order valence-electron chi connectivity index (χ1n) is 6.30. The van der Waals surface area contributed by atoms with Gasteiger partial charge in [-0.05, 0) is 18.2 Å². The lowest BCUT2D eigenvalue weighted by atomic mass is 10.2. The highest BCUT2D eigenvalue weighted by Crippen LogP contribution is 2.20. The number of aromatic nitrogens is 1. The first-order chi connectivity index (χ1) is 9.20. The summed E-state index contributed by atoms with van der Waals surface area (Å²) < 4.78 is 6.59. The summed E-state index contributed by atoms with van der Waals surface area (Å²) in [5.74, 6) is 0. The average Bonchev–Trinajstić information content (AvgIpc) is 2.88. The van der Waals surface area contributed by atoms with Crippen molar-refractivity contribution >= 4 is 21.9 Å².